The Balaban J connectivity index is 0.00000312. The van der Waals surface area contributed by atoms with Gasteiger partial charge in [-0.15, -0.1) is 24.0 Å². The second-order valence-electron chi connectivity index (χ2n) is 4.96. The van der Waals surface area contributed by atoms with Gasteiger partial charge in [-0.2, -0.15) is 24.5 Å². The van der Waals surface area contributed by atoms with Crippen molar-refractivity contribution in [3.63, 3.8) is 0 Å². The summed E-state index contributed by atoms with van der Waals surface area (Å²) in [6, 6.07) is 8.49. The molecule has 2 N–H and O–H groups in total. The molecule has 0 aliphatic heterocycles. The maximum absolute atomic E-state index is 12.1. The molecular formula is C16H19F3IN3OS. The molecule has 0 saturated carbocycles. The van der Waals surface area contributed by atoms with Gasteiger partial charge in [-0.3, -0.25) is 4.99 Å². The van der Waals surface area contributed by atoms with Crippen molar-refractivity contribution in [2.45, 2.75) is 19.3 Å². The Morgan fingerprint density at radius 1 is 1.08 bits per heavy atom. The van der Waals surface area contributed by atoms with E-state index in [2.05, 4.69) is 25.7 Å². The molecule has 0 unspecified atom stereocenters. The standard InChI is InChI=1S/C16H18F3N3OS.HI/c1-20-15(22-9-13-6-7-24-10-13)21-8-12-2-4-14(5-3-12)23-11-16(17,18)19;/h2-7,10H,8-9,11H2,1H3,(H2,20,21,22);1H. The molecule has 0 amide bonds. The first-order valence-corrected chi connectivity index (χ1v) is 8.14. The summed E-state index contributed by atoms with van der Waals surface area (Å²) in [5.74, 6) is 0.842. The van der Waals surface area contributed by atoms with Crippen molar-refractivity contribution in [2.75, 3.05) is 13.7 Å². The normalized spacial score (nSPS) is 11.6. The predicted molar refractivity (Wildman–Crippen MR) is 105 cm³/mol. The van der Waals surface area contributed by atoms with Crippen molar-refractivity contribution >= 4 is 41.3 Å². The number of alkyl halides is 3. The van der Waals surface area contributed by atoms with Gasteiger partial charge in [0.1, 0.15) is 5.75 Å². The third-order valence-corrected chi connectivity index (χ3v) is 3.78. The van der Waals surface area contributed by atoms with Gasteiger partial charge in [0.25, 0.3) is 0 Å². The fraction of sp³-hybridized carbons (Fsp3) is 0.312. The largest absolute Gasteiger partial charge is 0.484 e. The Kier molecular flexibility index (Phi) is 9.04. The molecule has 0 spiro atoms. The van der Waals surface area contributed by atoms with Crippen LogP contribution < -0.4 is 15.4 Å². The van der Waals surface area contributed by atoms with E-state index in [0.717, 1.165) is 5.56 Å². The van der Waals surface area contributed by atoms with E-state index in [1.54, 1.807) is 30.5 Å². The molecule has 138 valence electrons. The van der Waals surface area contributed by atoms with Crippen molar-refractivity contribution in [1.82, 2.24) is 10.6 Å². The lowest BCUT2D eigenvalue weighted by atomic mass is 10.2. The van der Waals surface area contributed by atoms with Crippen LogP contribution in [0.25, 0.3) is 0 Å². The molecule has 1 heterocycles. The Morgan fingerprint density at radius 2 is 1.72 bits per heavy atom. The molecule has 0 fully saturated rings. The topological polar surface area (TPSA) is 45.7 Å². The van der Waals surface area contributed by atoms with E-state index in [1.807, 2.05) is 11.4 Å². The lowest BCUT2D eigenvalue weighted by Gasteiger charge is -2.12. The molecule has 0 radical (unpaired) electrons. The first-order valence-electron chi connectivity index (χ1n) is 7.20. The Bertz CT molecular complexity index is 646. The van der Waals surface area contributed by atoms with Gasteiger partial charge in [0, 0.05) is 20.1 Å². The van der Waals surface area contributed by atoms with Gasteiger partial charge < -0.3 is 15.4 Å². The van der Waals surface area contributed by atoms with E-state index in [-0.39, 0.29) is 29.7 Å². The predicted octanol–water partition coefficient (Wildman–Crippen LogP) is 4.17. The lowest BCUT2D eigenvalue weighted by molar-refractivity contribution is -0.153. The molecule has 0 aliphatic carbocycles. The third-order valence-electron chi connectivity index (χ3n) is 3.05. The van der Waals surface area contributed by atoms with Gasteiger partial charge in [0.05, 0.1) is 0 Å². The number of guanidine groups is 1. The summed E-state index contributed by atoms with van der Waals surface area (Å²) >= 11 is 1.63. The average molecular weight is 485 g/mol. The van der Waals surface area contributed by atoms with Crippen molar-refractivity contribution in [3.05, 3.63) is 52.2 Å². The van der Waals surface area contributed by atoms with Crippen LogP contribution >= 0.6 is 35.3 Å². The van der Waals surface area contributed by atoms with Crippen LogP contribution in [0.15, 0.2) is 46.1 Å². The van der Waals surface area contributed by atoms with Gasteiger partial charge in [0.15, 0.2) is 12.6 Å². The molecule has 25 heavy (non-hydrogen) atoms. The molecule has 1 aromatic carbocycles. The molecule has 2 rings (SSSR count). The first-order chi connectivity index (χ1) is 11.5. The van der Waals surface area contributed by atoms with E-state index < -0.39 is 12.8 Å². The van der Waals surface area contributed by atoms with Crippen molar-refractivity contribution in [2.24, 2.45) is 4.99 Å². The number of halogens is 4. The molecule has 0 saturated heterocycles. The van der Waals surface area contributed by atoms with E-state index in [4.69, 9.17) is 0 Å². The number of rotatable bonds is 6. The maximum Gasteiger partial charge on any atom is 0.422 e. The quantitative estimate of drug-likeness (QED) is 0.367. The van der Waals surface area contributed by atoms with Crippen LogP contribution in [-0.4, -0.2) is 25.8 Å². The lowest BCUT2D eigenvalue weighted by Crippen LogP contribution is -2.36. The minimum absolute atomic E-state index is 0. The number of nitrogens with zero attached hydrogens (tertiary/aromatic N) is 1. The van der Waals surface area contributed by atoms with E-state index in [0.29, 0.717) is 19.0 Å². The van der Waals surface area contributed by atoms with E-state index >= 15 is 0 Å². The average Bonchev–Trinajstić information content (AvgIpc) is 3.07. The van der Waals surface area contributed by atoms with Gasteiger partial charge in [0.2, 0.25) is 0 Å². The van der Waals surface area contributed by atoms with E-state index in [1.165, 1.54) is 17.7 Å². The fourth-order valence-corrected chi connectivity index (χ4v) is 2.52. The summed E-state index contributed by atoms with van der Waals surface area (Å²) in [5.41, 5.74) is 2.09. The molecule has 9 heteroatoms. The van der Waals surface area contributed by atoms with Crippen LogP contribution in [0.4, 0.5) is 13.2 Å². The molecule has 0 atom stereocenters. The number of thiophene rings is 1. The number of hydrogen-bond acceptors (Lipinski definition) is 3. The van der Waals surface area contributed by atoms with Crippen LogP contribution in [0.3, 0.4) is 0 Å². The monoisotopic (exact) mass is 485 g/mol. The molecule has 2 aromatic rings. The zero-order chi connectivity index (χ0) is 17.4. The van der Waals surface area contributed by atoms with Crippen LogP contribution in [-0.2, 0) is 13.1 Å². The minimum Gasteiger partial charge on any atom is -0.484 e. The first kappa shape index (κ1) is 21.6. The van der Waals surface area contributed by atoms with Crippen molar-refractivity contribution < 1.29 is 17.9 Å². The fourth-order valence-electron chi connectivity index (χ4n) is 1.85. The molecular weight excluding hydrogens is 466 g/mol. The zero-order valence-corrected chi connectivity index (χ0v) is 16.6. The summed E-state index contributed by atoms with van der Waals surface area (Å²) in [6.07, 6.45) is -4.33. The number of aliphatic imine (C=N–C) groups is 1. The minimum atomic E-state index is -4.33. The van der Waals surface area contributed by atoms with Gasteiger partial charge in [-0.25, -0.2) is 0 Å². The summed E-state index contributed by atoms with van der Waals surface area (Å²) in [4.78, 5) is 4.12. The van der Waals surface area contributed by atoms with Gasteiger partial charge in [-0.1, -0.05) is 12.1 Å². The molecule has 1 aromatic heterocycles. The van der Waals surface area contributed by atoms with Crippen molar-refractivity contribution in [3.8, 4) is 5.75 Å². The highest BCUT2D eigenvalue weighted by atomic mass is 127. The summed E-state index contributed by atoms with van der Waals surface area (Å²) in [7, 11) is 1.68. The van der Waals surface area contributed by atoms with E-state index in [9.17, 15) is 13.2 Å². The maximum atomic E-state index is 12.1. The van der Waals surface area contributed by atoms with Crippen molar-refractivity contribution in [1.29, 1.82) is 0 Å². The summed E-state index contributed by atoms with van der Waals surface area (Å²) in [5, 5.41) is 10.4. The Labute approximate surface area is 165 Å². The number of nitrogens with one attached hydrogen (secondary N) is 2. The third kappa shape index (κ3) is 8.43. The second-order valence-corrected chi connectivity index (χ2v) is 5.74. The SMILES string of the molecule is CN=C(NCc1ccc(OCC(F)(F)F)cc1)NCc1ccsc1.I. The number of hydrogen-bond donors (Lipinski definition) is 2. The summed E-state index contributed by atoms with van der Waals surface area (Å²) in [6.45, 7) is -0.111. The second kappa shape index (κ2) is 10.5. The van der Waals surface area contributed by atoms with Gasteiger partial charge >= 0.3 is 6.18 Å². The Hall–Kier alpha value is -1.49. The highest BCUT2D eigenvalue weighted by Gasteiger charge is 2.28. The highest BCUT2D eigenvalue weighted by molar-refractivity contribution is 14.0. The van der Waals surface area contributed by atoms with Gasteiger partial charge in [-0.05, 0) is 40.1 Å². The number of ether oxygens (including phenoxy) is 1. The molecule has 0 bridgehead atoms. The highest BCUT2D eigenvalue weighted by Crippen LogP contribution is 2.18. The summed E-state index contributed by atoms with van der Waals surface area (Å²) < 4.78 is 40.9. The van der Waals surface area contributed by atoms with Crippen LogP contribution in [0, 0.1) is 0 Å². The van der Waals surface area contributed by atoms with Crippen LogP contribution in [0.5, 0.6) is 5.75 Å². The van der Waals surface area contributed by atoms with Crippen LogP contribution in [0.1, 0.15) is 11.1 Å². The molecule has 4 nitrogen and oxygen atoms in total. The van der Waals surface area contributed by atoms with Crippen LogP contribution in [0.2, 0.25) is 0 Å². The zero-order valence-electron chi connectivity index (χ0n) is 13.5. The number of benzene rings is 1. The molecule has 0 aliphatic rings. The smallest absolute Gasteiger partial charge is 0.422 e. The Morgan fingerprint density at radius 3 is 2.24 bits per heavy atom.